The van der Waals surface area contributed by atoms with E-state index in [4.69, 9.17) is 28.9 Å². The van der Waals surface area contributed by atoms with Crippen LogP contribution in [-0.2, 0) is 4.79 Å². The summed E-state index contributed by atoms with van der Waals surface area (Å²) < 4.78 is 0. The summed E-state index contributed by atoms with van der Waals surface area (Å²) >= 11 is 12.4. The number of benzene rings is 2. The Labute approximate surface area is 137 Å². The lowest BCUT2D eigenvalue weighted by Crippen LogP contribution is -2.13. The van der Waals surface area contributed by atoms with E-state index in [9.17, 15) is 4.79 Å². The highest BCUT2D eigenvalue weighted by atomic mass is 35.5. The van der Waals surface area contributed by atoms with E-state index in [2.05, 4.69) is 10.3 Å². The van der Waals surface area contributed by atoms with Gasteiger partial charge in [0.25, 0.3) is 5.91 Å². The number of carbonyl (C=O) groups excluding carboxylic acids is 1. The van der Waals surface area contributed by atoms with Crippen molar-refractivity contribution in [1.29, 1.82) is 0 Å². The number of nitrogens with two attached hydrogens (primary N) is 1. The summed E-state index contributed by atoms with van der Waals surface area (Å²) in [5.74, 6) is -0.381. The summed E-state index contributed by atoms with van der Waals surface area (Å²) in [6.45, 7) is 0. The molecule has 2 aromatic rings. The molecule has 1 amide bonds. The fraction of sp³-hybridized carbons (Fsp3) is 0. The van der Waals surface area contributed by atoms with E-state index in [1.807, 2.05) is 18.2 Å². The number of aliphatic imine (C=N–C) groups is 1. The van der Waals surface area contributed by atoms with Gasteiger partial charge in [0, 0.05) is 27.4 Å². The average molecular weight is 332 g/mol. The minimum Gasteiger partial charge on any atom is -0.403 e. The summed E-state index contributed by atoms with van der Waals surface area (Å²) in [5.41, 5.74) is 8.16. The molecule has 0 atom stereocenters. The molecular formula is C16H11Cl2N3O. The molecule has 22 heavy (non-hydrogen) atoms. The number of halogens is 2. The van der Waals surface area contributed by atoms with Gasteiger partial charge in [0.2, 0.25) is 0 Å². The summed E-state index contributed by atoms with van der Waals surface area (Å²) in [6.07, 6.45) is 1.17. The molecule has 110 valence electrons. The lowest BCUT2D eigenvalue weighted by Gasteiger charge is -2.11. The van der Waals surface area contributed by atoms with E-state index in [-0.39, 0.29) is 11.6 Å². The molecule has 0 aliphatic carbocycles. The lowest BCUT2D eigenvalue weighted by atomic mass is 10.0. The number of anilines is 1. The average Bonchev–Trinajstić information content (AvgIpc) is 2.64. The second-order valence-electron chi connectivity index (χ2n) is 4.64. The molecule has 6 heteroatoms. The molecule has 0 saturated carbocycles. The van der Waals surface area contributed by atoms with Crippen LogP contribution in [-0.4, -0.2) is 11.6 Å². The van der Waals surface area contributed by atoms with E-state index in [0.717, 1.165) is 0 Å². The maximum absolute atomic E-state index is 12.1. The van der Waals surface area contributed by atoms with Crippen LogP contribution in [0.5, 0.6) is 0 Å². The number of nitrogens with one attached hydrogen (secondary N) is 1. The van der Waals surface area contributed by atoms with Gasteiger partial charge < -0.3 is 11.1 Å². The van der Waals surface area contributed by atoms with Gasteiger partial charge >= 0.3 is 0 Å². The van der Waals surface area contributed by atoms with Gasteiger partial charge in [-0.1, -0.05) is 41.4 Å². The molecule has 0 fully saturated rings. The molecule has 1 aliphatic heterocycles. The molecule has 3 N–H and O–H groups in total. The molecule has 1 heterocycles. The number of rotatable bonds is 1. The minimum absolute atomic E-state index is 0.113. The predicted octanol–water partition coefficient (Wildman–Crippen LogP) is 3.58. The van der Waals surface area contributed by atoms with Crippen molar-refractivity contribution >= 4 is 40.5 Å². The summed E-state index contributed by atoms with van der Waals surface area (Å²) in [6, 6.07) is 12.4. The van der Waals surface area contributed by atoms with E-state index < -0.39 is 0 Å². The monoisotopic (exact) mass is 331 g/mol. The zero-order chi connectivity index (χ0) is 15.7. The van der Waals surface area contributed by atoms with Crippen molar-refractivity contribution in [3.8, 4) is 0 Å². The Bertz CT molecular complexity index is 828. The summed E-state index contributed by atoms with van der Waals surface area (Å²) in [5, 5.41) is 3.83. The standard InChI is InChI=1S/C16H11Cl2N3O/c17-9-5-6-13-11(7-9)15(10-3-1-2-4-12(10)18)20-14(8-19)16(22)21-13/h1-8H,19H2,(H,21,22). The fourth-order valence-corrected chi connectivity index (χ4v) is 2.61. The molecule has 1 aliphatic rings. The second-order valence-corrected chi connectivity index (χ2v) is 5.48. The van der Waals surface area contributed by atoms with Gasteiger partial charge in [0.1, 0.15) is 5.70 Å². The third kappa shape index (κ3) is 2.58. The first-order chi connectivity index (χ1) is 10.6. The zero-order valence-corrected chi connectivity index (χ0v) is 12.8. The number of benzodiazepines with no additional fused rings is 1. The normalized spacial score (nSPS) is 15.8. The Morgan fingerprint density at radius 2 is 1.86 bits per heavy atom. The van der Waals surface area contributed by atoms with Crippen molar-refractivity contribution in [2.45, 2.75) is 0 Å². The van der Waals surface area contributed by atoms with Crippen LogP contribution in [0.2, 0.25) is 10.0 Å². The van der Waals surface area contributed by atoms with Gasteiger partial charge in [0.15, 0.2) is 0 Å². The van der Waals surface area contributed by atoms with Gasteiger partial charge in [0.05, 0.1) is 11.4 Å². The van der Waals surface area contributed by atoms with Crippen molar-refractivity contribution in [3.05, 3.63) is 75.5 Å². The highest BCUT2D eigenvalue weighted by Crippen LogP contribution is 2.30. The highest BCUT2D eigenvalue weighted by Gasteiger charge is 2.22. The third-order valence-electron chi connectivity index (χ3n) is 3.24. The van der Waals surface area contributed by atoms with Gasteiger partial charge in [-0.2, -0.15) is 0 Å². The minimum atomic E-state index is -0.381. The van der Waals surface area contributed by atoms with Crippen LogP contribution in [0, 0.1) is 0 Å². The van der Waals surface area contributed by atoms with Crippen molar-refractivity contribution in [3.63, 3.8) is 0 Å². The molecule has 0 spiro atoms. The molecule has 0 unspecified atom stereocenters. The number of fused-ring (bicyclic) bond motifs is 1. The Kier molecular flexibility index (Phi) is 3.88. The Hall–Kier alpha value is -2.30. The highest BCUT2D eigenvalue weighted by molar-refractivity contribution is 6.37. The first-order valence-electron chi connectivity index (χ1n) is 6.47. The molecule has 0 aromatic heterocycles. The molecule has 3 rings (SSSR count). The Morgan fingerprint density at radius 1 is 1.09 bits per heavy atom. The van der Waals surface area contributed by atoms with Crippen LogP contribution in [0.4, 0.5) is 5.69 Å². The maximum atomic E-state index is 12.1. The number of hydrogen-bond donors (Lipinski definition) is 2. The number of amides is 1. The van der Waals surface area contributed by atoms with Crippen LogP contribution in [0.3, 0.4) is 0 Å². The van der Waals surface area contributed by atoms with E-state index >= 15 is 0 Å². The van der Waals surface area contributed by atoms with Crippen molar-refractivity contribution in [2.75, 3.05) is 5.32 Å². The number of nitrogens with zero attached hydrogens (tertiary/aromatic N) is 1. The van der Waals surface area contributed by atoms with Gasteiger partial charge in [-0.15, -0.1) is 0 Å². The number of carbonyl (C=O) groups is 1. The summed E-state index contributed by atoms with van der Waals surface area (Å²) in [7, 11) is 0. The number of hydrogen-bond acceptors (Lipinski definition) is 3. The second kappa shape index (κ2) is 5.83. The Morgan fingerprint density at radius 3 is 2.59 bits per heavy atom. The zero-order valence-electron chi connectivity index (χ0n) is 11.3. The summed E-state index contributed by atoms with van der Waals surface area (Å²) in [4.78, 5) is 16.5. The lowest BCUT2D eigenvalue weighted by molar-refractivity contribution is -0.112. The van der Waals surface area contributed by atoms with Crippen LogP contribution in [0.1, 0.15) is 11.1 Å². The van der Waals surface area contributed by atoms with Crippen LogP contribution in [0.25, 0.3) is 0 Å². The van der Waals surface area contributed by atoms with Crippen molar-refractivity contribution < 1.29 is 4.79 Å². The van der Waals surface area contributed by atoms with Gasteiger partial charge in [-0.25, -0.2) is 4.99 Å². The van der Waals surface area contributed by atoms with E-state index in [1.54, 1.807) is 24.3 Å². The molecule has 0 radical (unpaired) electrons. The fourth-order valence-electron chi connectivity index (χ4n) is 2.21. The van der Waals surface area contributed by atoms with Crippen molar-refractivity contribution in [2.24, 2.45) is 10.7 Å². The first kappa shape index (κ1) is 14.6. The maximum Gasteiger partial charge on any atom is 0.275 e. The largest absolute Gasteiger partial charge is 0.403 e. The first-order valence-corrected chi connectivity index (χ1v) is 7.22. The molecule has 4 nitrogen and oxygen atoms in total. The van der Waals surface area contributed by atoms with Crippen LogP contribution >= 0.6 is 23.2 Å². The van der Waals surface area contributed by atoms with Gasteiger partial charge in [-0.05, 0) is 24.3 Å². The molecule has 0 saturated heterocycles. The predicted molar refractivity (Wildman–Crippen MR) is 89.4 cm³/mol. The van der Waals surface area contributed by atoms with Crippen LogP contribution in [0.15, 0.2) is 59.4 Å². The molecular weight excluding hydrogens is 321 g/mol. The Balaban J connectivity index is 2.31. The van der Waals surface area contributed by atoms with Crippen LogP contribution < -0.4 is 11.1 Å². The smallest absolute Gasteiger partial charge is 0.275 e. The van der Waals surface area contributed by atoms with Crippen molar-refractivity contribution in [1.82, 2.24) is 0 Å². The molecule has 0 bridgehead atoms. The quantitative estimate of drug-likeness (QED) is 0.784. The topological polar surface area (TPSA) is 67.5 Å². The van der Waals surface area contributed by atoms with E-state index in [0.29, 0.717) is 32.6 Å². The molecule has 2 aromatic carbocycles. The van der Waals surface area contributed by atoms with E-state index in [1.165, 1.54) is 6.20 Å². The van der Waals surface area contributed by atoms with Gasteiger partial charge in [-0.3, -0.25) is 4.79 Å². The third-order valence-corrected chi connectivity index (χ3v) is 3.80. The SMILES string of the molecule is NC=C1N=C(c2ccccc2Cl)c2cc(Cl)ccc2NC1=O.